The van der Waals surface area contributed by atoms with Crippen LogP contribution in [-0.2, 0) is 14.3 Å². The van der Waals surface area contributed by atoms with Crippen LogP contribution in [0, 0.1) is 5.82 Å². The number of nitrogens with one attached hydrogen (secondary N) is 2. The van der Waals surface area contributed by atoms with E-state index >= 15 is 0 Å². The van der Waals surface area contributed by atoms with Crippen LogP contribution in [0.4, 0.5) is 14.3 Å². The van der Waals surface area contributed by atoms with Gasteiger partial charge in [0, 0.05) is 24.8 Å². The van der Waals surface area contributed by atoms with Crippen LogP contribution in [0.25, 0.3) is 0 Å². The zero-order valence-electron chi connectivity index (χ0n) is 22.2. The molecule has 0 spiro atoms. The normalized spacial score (nSPS) is 16.4. The predicted octanol–water partition coefficient (Wildman–Crippen LogP) is 4.30. The molecular formula is C28H29FN4O6S. The monoisotopic (exact) mass is 568 g/mol. The minimum Gasteiger partial charge on any atom is -0.491 e. The second-order valence-corrected chi connectivity index (χ2v) is 9.95. The summed E-state index contributed by atoms with van der Waals surface area (Å²) in [5.41, 5.74) is 1.13. The van der Waals surface area contributed by atoms with Gasteiger partial charge in [-0.25, -0.2) is 19.1 Å². The number of Topliss-reactive ketones (excluding diaryl/α,β-unsaturated/α-hetero) is 1. The molecule has 2 heterocycles. The lowest BCUT2D eigenvalue weighted by Gasteiger charge is -2.29. The van der Waals surface area contributed by atoms with Gasteiger partial charge in [0.15, 0.2) is 10.9 Å². The zero-order chi connectivity index (χ0) is 28.8. The average Bonchev–Trinajstić information content (AvgIpc) is 3.53. The number of carbonyl (C=O) groups excluding carboxylic acids is 4. The Labute approximate surface area is 234 Å². The standard InChI is InChI=1S/C28H29FN4O6S/c1-4-22(34)21-15-40-27(30-21)32-25(35)24(16(2)18-6-5-7-19(29)14-18)33-26(36)23(31-28(33)37)17-8-10-20(11-9-17)39-13-12-38-3/h5-11,14-16,23-24H,4,12-13H2,1-3H3,(H,31,37)(H,30,32,35)/t16-,23?,24-/m0/s1. The molecule has 3 aromatic rings. The number of rotatable bonds is 12. The van der Waals surface area contributed by atoms with Crippen LogP contribution >= 0.6 is 11.3 Å². The second-order valence-electron chi connectivity index (χ2n) is 9.09. The summed E-state index contributed by atoms with van der Waals surface area (Å²) < 4.78 is 24.6. The number of hydrogen-bond donors (Lipinski definition) is 2. The van der Waals surface area contributed by atoms with Crippen molar-refractivity contribution in [3.8, 4) is 5.75 Å². The number of anilines is 1. The Kier molecular flexibility index (Phi) is 9.22. The zero-order valence-corrected chi connectivity index (χ0v) is 23.0. The Morgan fingerprint density at radius 1 is 1.18 bits per heavy atom. The Bertz CT molecular complexity index is 1400. The van der Waals surface area contributed by atoms with Crippen molar-refractivity contribution in [2.75, 3.05) is 25.6 Å². The molecule has 1 aliphatic heterocycles. The second kappa shape index (κ2) is 12.8. The van der Waals surface area contributed by atoms with Crippen LogP contribution in [0.2, 0.25) is 0 Å². The predicted molar refractivity (Wildman–Crippen MR) is 146 cm³/mol. The highest BCUT2D eigenvalue weighted by Crippen LogP contribution is 2.32. The van der Waals surface area contributed by atoms with Crippen LogP contribution in [0.3, 0.4) is 0 Å². The molecule has 4 rings (SSSR count). The molecule has 12 heteroatoms. The summed E-state index contributed by atoms with van der Waals surface area (Å²) in [5, 5.41) is 6.95. The maximum atomic E-state index is 14.1. The first-order chi connectivity index (χ1) is 19.2. The van der Waals surface area contributed by atoms with E-state index in [1.165, 1.54) is 23.6 Å². The van der Waals surface area contributed by atoms with E-state index in [0.717, 1.165) is 16.2 Å². The molecule has 0 bridgehead atoms. The summed E-state index contributed by atoms with van der Waals surface area (Å²) in [7, 11) is 1.57. The number of hydrogen-bond acceptors (Lipinski definition) is 8. The molecule has 0 aliphatic carbocycles. The summed E-state index contributed by atoms with van der Waals surface area (Å²) in [6.45, 7) is 4.10. The van der Waals surface area contributed by atoms with Crippen molar-refractivity contribution in [3.63, 3.8) is 0 Å². The quantitative estimate of drug-likeness (QED) is 0.189. The summed E-state index contributed by atoms with van der Waals surface area (Å²) in [4.78, 5) is 57.5. The van der Waals surface area contributed by atoms with Crippen LogP contribution < -0.4 is 15.4 Å². The maximum Gasteiger partial charge on any atom is 0.325 e. The topological polar surface area (TPSA) is 127 Å². The summed E-state index contributed by atoms with van der Waals surface area (Å²) in [5.74, 6) is -2.26. The van der Waals surface area contributed by atoms with E-state index < -0.39 is 41.7 Å². The van der Waals surface area contributed by atoms with Gasteiger partial charge in [-0.05, 0) is 35.4 Å². The van der Waals surface area contributed by atoms with Crippen molar-refractivity contribution in [1.82, 2.24) is 15.2 Å². The van der Waals surface area contributed by atoms with Gasteiger partial charge in [-0.15, -0.1) is 11.3 Å². The number of carbonyl (C=O) groups is 4. The van der Waals surface area contributed by atoms with E-state index in [-0.39, 0.29) is 23.0 Å². The molecule has 0 saturated carbocycles. The number of ketones is 1. The number of imide groups is 1. The molecule has 4 amide bonds. The van der Waals surface area contributed by atoms with E-state index in [4.69, 9.17) is 9.47 Å². The molecule has 10 nitrogen and oxygen atoms in total. The van der Waals surface area contributed by atoms with Gasteiger partial charge in [-0.2, -0.15) is 0 Å². The fourth-order valence-corrected chi connectivity index (χ4v) is 5.06. The highest BCUT2D eigenvalue weighted by Gasteiger charge is 2.47. The Morgan fingerprint density at radius 3 is 2.60 bits per heavy atom. The number of aromatic nitrogens is 1. The lowest BCUT2D eigenvalue weighted by atomic mass is 9.91. The Hall–Kier alpha value is -4.16. The first kappa shape index (κ1) is 28.8. The molecular weight excluding hydrogens is 539 g/mol. The van der Waals surface area contributed by atoms with E-state index in [2.05, 4.69) is 15.6 Å². The minimum absolute atomic E-state index is 0.144. The van der Waals surface area contributed by atoms with Crippen molar-refractivity contribution in [1.29, 1.82) is 0 Å². The molecule has 3 atom stereocenters. The highest BCUT2D eigenvalue weighted by molar-refractivity contribution is 7.14. The van der Waals surface area contributed by atoms with Gasteiger partial charge < -0.3 is 20.1 Å². The first-order valence-corrected chi connectivity index (χ1v) is 13.5. The molecule has 1 aliphatic rings. The number of methoxy groups -OCH3 is 1. The fraction of sp³-hybridized carbons (Fsp3) is 0.321. The van der Waals surface area contributed by atoms with Crippen molar-refractivity contribution in [2.24, 2.45) is 0 Å². The van der Waals surface area contributed by atoms with Gasteiger partial charge in [-0.1, -0.05) is 38.1 Å². The number of halogens is 1. The SMILES string of the molecule is CCC(=O)c1csc(NC(=O)[C@H]([C@@H](C)c2cccc(F)c2)N2C(=O)NC(c3ccc(OCCOC)cc3)C2=O)n1. The minimum atomic E-state index is -1.34. The van der Waals surface area contributed by atoms with Crippen LogP contribution in [0.15, 0.2) is 53.9 Å². The van der Waals surface area contributed by atoms with Gasteiger partial charge >= 0.3 is 6.03 Å². The van der Waals surface area contributed by atoms with Gasteiger partial charge in [0.25, 0.3) is 5.91 Å². The third kappa shape index (κ3) is 6.35. The number of urea groups is 1. The third-order valence-electron chi connectivity index (χ3n) is 6.48. The van der Waals surface area contributed by atoms with Crippen LogP contribution in [0.1, 0.15) is 53.8 Å². The largest absolute Gasteiger partial charge is 0.491 e. The molecule has 210 valence electrons. The number of amides is 4. The van der Waals surface area contributed by atoms with Crippen molar-refractivity contribution >= 4 is 40.1 Å². The lowest BCUT2D eigenvalue weighted by Crippen LogP contribution is -2.50. The maximum absolute atomic E-state index is 14.1. The molecule has 0 radical (unpaired) electrons. The van der Waals surface area contributed by atoms with E-state index in [0.29, 0.717) is 30.1 Å². The molecule has 1 fully saturated rings. The molecule has 40 heavy (non-hydrogen) atoms. The van der Waals surface area contributed by atoms with E-state index in [9.17, 15) is 23.6 Å². The van der Waals surface area contributed by atoms with E-state index in [1.54, 1.807) is 51.3 Å². The first-order valence-electron chi connectivity index (χ1n) is 12.6. The van der Waals surface area contributed by atoms with Gasteiger partial charge in [0.2, 0.25) is 5.91 Å². The smallest absolute Gasteiger partial charge is 0.325 e. The molecule has 1 saturated heterocycles. The lowest BCUT2D eigenvalue weighted by molar-refractivity contribution is -0.134. The number of thiazole rings is 1. The fourth-order valence-electron chi connectivity index (χ4n) is 4.34. The van der Waals surface area contributed by atoms with Crippen molar-refractivity contribution in [2.45, 2.75) is 38.3 Å². The average molecular weight is 569 g/mol. The number of benzene rings is 2. The van der Waals surface area contributed by atoms with E-state index in [1.807, 2.05) is 0 Å². The van der Waals surface area contributed by atoms with Gasteiger partial charge in [0.05, 0.1) is 6.61 Å². The highest BCUT2D eigenvalue weighted by atomic mass is 32.1. The summed E-state index contributed by atoms with van der Waals surface area (Å²) in [6.07, 6.45) is 0.250. The summed E-state index contributed by atoms with van der Waals surface area (Å²) in [6, 6.07) is 9.13. The Balaban J connectivity index is 1.61. The molecule has 2 aromatic carbocycles. The van der Waals surface area contributed by atoms with Crippen LogP contribution in [0.5, 0.6) is 5.75 Å². The molecule has 1 unspecified atom stereocenters. The molecule has 2 N–H and O–H groups in total. The molecule has 1 aromatic heterocycles. The van der Waals surface area contributed by atoms with Crippen LogP contribution in [-0.4, -0.2) is 59.9 Å². The third-order valence-corrected chi connectivity index (χ3v) is 7.23. The summed E-state index contributed by atoms with van der Waals surface area (Å²) >= 11 is 1.05. The number of nitrogens with zero attached hydrogens (tertiary/aromatic N) is 2. The van der Waals surface area contributed by atoms with Crippen molar-refractivity contribution in [3.05, 3.63) is 76.5 Å². The number of ether oxygens (including phenoxy) is 2. The van der Waals surface area contributed by atoms with Gasteiger partial charge in [0.1, 0.15) is 36.0 Å². The Morgan fingerprint density at radius 2 is 1.93 bits per heavy atom. The van der Waals surface area contributed by atoms with Crippen molar-refractivity contribution < 1.29 is 33.0 Å². The van der Waals surface area contributed by atoms with Gasteiger partial charge in [-0.3, -0.25) is 14.4 Å².